The number of likely N-dealkylation sites (tertiary alicyclic amines) is 1. The van der Waals surface area contributed by atoms with Gasteiger partial charge in [0.2, 0.25) is 5.91 Å². The highest BCUT2D eigenvalue weighted by Gasteiger charge is 2.30. The van der Waals surface area contributed by atoms with Crippen LogP contribution in [0.2, 0.25) is 0 Å². The van der Waals surface area contributed by atoms with Crippen molar-refractivity contribution in [3.8, 4) is 11.8 Å². The molecule has 3 aromatic rings. The molecule has 1 aromatic carbocycles. The number of nitrogens with zero attached hydrogens (tertiary/aromatic N) is 5. The summed E-state index contributed by atoms with van der Waals surface area (Å²) in [6.07, 6.45) is 10.6. The van der Waals surface area contributed by atoms with Crippen LogP contribution in [0.25, 0.3) is 0 Å². The molecule has 12 nitrogen and oxygen atoms in total. The fourth-order valence-electron chi connectivity index (χ4n) is 6.41. The van der Waals surface area contributed by atoms with Crippen molar-refractivity contribution >= 4 is 5.91 Å². The van der Waals surface area contributed by atoms with Crippen LogP contribution in [-0.2, 0) is 37.5 Å². The van der Waals surface area contributed by atoms with Crippen LogP contribution in [-0.4, -0.2) is 97.7 Å². The molecule has 6 rings (SSSR count). The molecule has 3 fully saturated rings. The molecule has 1 saturated heterocycles. The third-order valence-corrected chi connectivity index (χ3v) is 9.87. The number of benzene rings is 1. The van der Waals surface area contributed by atoms with Crippen molar-refractivity contribution in [3.05, 3.63) is 89.0 Å². The van der Waals surface area contributed by atoms with Gasteiger partial charge in [0.05, 0.1) is 37.2 Å². The van der Waals surface area contributed by atoms with E-state index in [1.54, 1.807) is 7.11 Å². The zero-order valence-electron chi connectivity index (χ0n) is 31.9. The first-order valence-electron chi connectivity index (χ1n) is 19.3. The summed E-state index contributed by atoms with van der Waals surface area (Å²) in [4.78, 5) is 25.7. The van der Waals surface area contributed by atoms with E-state index in [1.165, 1.54) is 42.4 Å². The number of pyridine rings is 2. The molecule has 2 aliphatic carbocycles. The van der Waals surface area contributed by atoms with Crippen molar-refractivity contribution in [2.24, 2.45) is 5.92 Å². The summed E-state index contributed by atoms with van der Waals surface area (Å²) < 4.78 is 5.46. The predicted octanol–water partition coefficient (Wildman–Crippen LogP) is 3.34. The number of carbonyl (C=O) groups is 1. The number of para-hydroxylation sites is 1. The number of nitriles is 1. The molecule has 5 N–H and O–H groups in total. The maximum atomic E-state index is 12.4. The molecule has 1 atom stereocenters. The molecule has 3 aliphatic rings. The standard InChI is InChI=1S/C25H35N5O2.C16H25N5/c1-32-24-5-3-2-4-20(24)18-30-12-9-22(10-13-30)29-25(31)17-26-16-23-14-19(8-11-27-23)15-28-21-6-7-21;1-21(2)8-7-18-12-15-9-13(5-6-19-15)11-20-16(10-17)14-3-4-14/h2-5,8,11,14,21-22,26,28H,6-7,9-10,12-13,15-18H2,1H3,(H,29,31);5-6,9,14,16,18,20H,3-4,7-8,11-12H2,1-2H3. The van der Waals surface area contributed by atoms with E-state index in [0.717, 1.165) is 82.3 Å². The Morgan fingerprint density at radius 2 is 1.58 bits per heavy atom. The Morgan fingerprint density at radius 3 is 2.23 bits per heavy atom. The molecule has 0 spiro atoms. The monoisotopic (exact) mass is 724 g/mol. The molecule has 3 heterocycles. The first-order chi connectivity index (χ1) is 25.9. The second-order valence-electron chi connectivity index (χ2n) is 14.8. The quantitative estimate of drug-likeness (QED) is 0.110. The van der Waals surface area contributed by atoms with E-state index in [0.29, 0.717) is 25.0 Å². The summed E-state index contributed by atoms with van der Waals surface area (Å²) in [6.45, 7) is 8.13. The van der Waals surface area contributed by atoms with Gasteiger partial charge in [-0.3, -0.25) is 25.0 Å². The molecule has 2 aromatic heterocycles. The topological polar surface area (TPSA) is 142 Å². The molecular weight excluding hydrogens is 665 g/mol. The van der Waals surface area contributed by atoms with Crippen molar-refractivity contribution in [2.75, 3.05) is 53.9 Å². The zero-order valence-corrected chi connectivity index (χ0v) is 31.9. The number of methoxy groups -OCH3 is 1. The van der Waals surface area contributed by atoms with Gasteiger partial charge in [0.1, 0.15) is 5.75 Å². The van der Waals surface area contributed by atoms with Gasteiger partial charge in [-0.1, -0.05) is 18.2 Å². The highest BCUT2D eigenvalue weighted by atomic mass is 16.5. The van der Waals surface area contributed by atoms with Crippen LogP contribution in [0, 0.1) is 17.2 Å². The minimum atomic E-state index is -0.000156. The molecular formula is C41H60N10O2. The van der Waals surface area contributed by atoms with E-state index in [4.69, 9.17) is 10.00 Å². The molecule has 1 aliphatic heterocycles. The zero-order chi connectivity index (χ0) is 37.3. The number of hydrogen-bond acceptors (Lipinski definition) is 11. The largest absolute Gasteiger partial charge is 0.496 e. The lowest BCUT2D eigenvalue weighted by atomic mass is 10.0. The van der Waals surface area contributed by atoms with E-state index in [-0.39, 0.29) is 18.0 Å². The third-order valence-electron chi connectivity index (χ3n) is 9.87. The van der Waals surface area contributed by atoms with Gasteiger partial charge in [-0.05, 0) is 100.0 Å². The molecule has 12 heteroatoms. The van der Waals surface area contributed by atoms with Gasteiger partial charge in [-0.2, -0.15) is 5.26 Å². The molecule has 1 amide bonds. The summed E-state index contributed by atoms with van der Waals surface area (Å²) in [5.74, 6) is 1.55. The lowest BCUT2D eigenvalue weighted by molar-refractivity contribution is -0.121. The van der Waals surface area contributed by atoms with Crippen LogP contribution in [0.5, 0.6) is 5.75 Å². The minimum absolute atomic E-state index is 0.000156. The van der Waals surface area contributed by atoms with Crippen molar-refractivity contribution < 1.29 is 9.53 Å². The number of aromatic nitrogens is 2. The molecule has 286 valence electrons. The van der Waals surface area contributed by atoms with Crippen molar-refractivity contribution in [3.63, 3.8) is 0 Å². The molecule has 0 bridgehead atoms. The number of piperidine rings is 1. The number of ether oxygens (including phenoxy) is 1. The summed E-state index contributed by atoms with van der Waals surface area (Å²) in [6, 6.07) is 19.7. The van der Waals surface area contributed by atoms with E-state index in [9.17, 15) is 4.79 Å². The Kier molecular flexibility index (Phi) is 16.4. The maximum Gasteiger partial charge on any atom is 0.234 e. The number of carbonyl (C=O) groups excluding carboxylic acids is 1. The van der Waals surface area contributed by atoms with Crippen LogP contribution in [0.1, 0.15) is 66.6 Å². The summed E-state index contributed by atoms with van der Waals surface area (Å²) in [5.41, 5.74) is 5.66. The fraction of sp³-hybridized carbons (Fsp3) is 0.561. The van der Waals surface area contributed by atoms with Crippen LogP contribution in [0.15, 0.2) is 60.9 Å². The summed E-state index contributed by atoms with van der Waals surface area (Å²) in [7, 11) is 5.85. The average Bonchev–Trinajstić information content (AvgIpc) is 4.11. The van der Waals surface area contributed by atoms with Crippen LogP contribution < -0.4 is 31.3 Å². The highest BCUT2D eigenvalue weighted by molar-refractivity contribution is 5.78. The first-order valence-corrected chi connectivity index (χ1v) is 19.3. The number of nitrogens with one attached hydrogen (secondary N) is 5. The predicted molar refractivity (Wildman–Crippen MR) is 209 cm³/mol. The van der Waals surface area contributed by atoms with Crippen LogP contribution in [0.3, 0.4) is 0 Å². The summed E-state index contributed by atoms with van der Waals surface area (Å²) >= 11 is 0. The molecule has 53 heavy (non-hydrogen) atoms. The van der Waals surface area contributed by atoms with Gasteiger partial charge >= 0.3 is 0 Å². The van der Waals surface area contributed by atoms with Crippen LogP contribution >= 0.6 is 0 Å². The molecule has 0 radical (unpaired) electrons. The van der Waals surface area contributed by atoms with Gasteiger partial charge in [0.15, 0.2) is 0 Å². The Hall–Kier alpha value is -3.96. The maximum absolute atomic E-state index is 12.4. The van der Waals surface area contributed by atoms with Gasteiger partial charge in [0.25, 0.3) is 0 Å². The second-order valence-corrected chi connectivity index (χ2v) is 14.8. The Labute approximate surface area is 316 Å². The number of hydrogen-bond donors (Lipinski definition) is 5. The lowest BCUT2D eigenvalue weighted by Crippen LogP contribution is -2.46. The molecule has 1 unspecified atom stereocenters. The van der Waals surface area contributed by atoms with Gasteiger partial charge in [-0.25, -0.2) is 0 Å². The molecule has 2 saturated carbocycles. The van der Waals surface area contributed by atoms with Gasteiger partial charge in [-0.15, -0.1) is 0 Å². The number of likely N-dealkylation sites (N-methyl/N-ethyl adjacent to an activating group) is 1. The summed E-state index contributed by atoms with van der Waals surface area (Å²) in [5, 5.41) is 25.8. The fourth-order valence-corrected chi connectivity index (χ4v) is 6.41. The lowest BCUT2D eigenvalue weighted by Gasteiger charge is -2.32. The van der Waals surface area contributed by atoms with Crippen LogP contribution in [0.4, 0.5) is 0 Å². The second kappa shape index (κ2) is 21.7. The number of amides is 1. The van der Waals surface area contributed by atoms with Crippen molar-refractivity contribution in [2.45, 2.75) is 89.4 Å². The SMILES string of the molecule is CN(C)CCNCc1cc(CNC(C#N)C2CC2)ccn1.COc1ccccc1CN1CCC(NC(=O)CNCc2cc(CNC3CC3)ccn2)CC1. The van der Waals surface area contributed by atoms with Crippen molar-refractivity contribution in [1.29, 1.82) is 5.26 Å². The van der Waals surface area contributed by atoms with E-state index in [1.807, 2.05) is 36.7 Å². The normalized spacial score (nSPS) is 16.7. The third kappa shape index (κ3) is 15.1. The smallest absolute Gasteiger partial charge is 0.234 e. The Balaban J connectivity index is 0.000000224. The van der Waals surface area contributed by atoms with E-state index < -0.39 is 0 Å². The number of rotatable bonds is 20. The van der Waals surface area contributed by atoms with Gasteiger partial charge in [0, 0.05) is 88.9 Å². The van der Waals surface area contributed by atoms with Gasteiger partial charge < -0.3 is 30.9 Å². The Morgan fingerprint density at radius 1 is 0.906 bits per heavy atom. The Bertz CT molecular complexity index is 1580. The van der Waals surface area contributed by atoms with Crippen molar-refractivity contribution in [1.82, 2.24) is 46.4 Å². The first kappa shape index (κ1) is 40.2. The van der Waals surface area contributed by atoms with E-state index >= 15 is 0 Å². The highest BCUT2D eigenvalue weighted by Crippen LogP contribution is 2.32. The average molecular weight is 725 g/mol. The minimum Gasteiger partial charge on any atom is -0.496 e. The van der Waals surface area contributed by atoms with E-state index in [2.05, 4.69) is 90.8 Å².